The fourth-order valence-corrected chi connectivity index (χ4v) is 2.64. The molecule has 84 valence electrons. The Morgan fingerprint density at radius 2 is 2.19 bits per heavy atom. The lowest BCUT2D eigenvalue weighted by Gasteiger charge is -2.22. The van der Waals surface area contributed by atoms with Crippen LogP contribution in [0.3, 0.4) is 0 Å². The van der Waals surface area contributed by atoms with Crippen molar-refractivity contribution in [3.63, 3.8) is 0 Å². The van der Waals surface area contributed by atoms with Gasteiger partial charge >= 0.3 is 0 Å². The zero-order chi connectivity index (χ0) is 11.0. The monoisotopic (exact) mass is 236 g/mol. The molecule has 0 atom stereocenters. The molecule has 1 fully saturated rings. The van der Waals surface area contributed by atoms with Gasteiger partial charge in [0.25, 0.3) is 0 Å². The molecule has 2 aromatic heterocycles. The summed E-state index contributed by atoms with van der Waals surface area (Å²) in [6.07, 6.45) is 5.76. The van der Waals surface area contributed by atoms with Gasteiger partial charge in [-0.05, 0) is 43.5 Å². The molecular formula is C11H13ClN4. The van der Waals surface area contributed by atoms with Crippen molar-refractivity contribution in [1.82, 2.24) is 19.9 Å². The van der Waals surface area contributed by atoms with E-state index in [1.165, 1.54) is 11.9 Å². The summed E-state index contributed by atoms with van der Waals surface area (Å²) < 4.78 is 1.81. The highest BCUT2D eigenvalue weighted by atomic mass is 35.5. The van der Waals surface area contributed by atoms with E-state index in [1.54, 1.807) is 0 Å². The van der Waals surface area contributed by atoms with E-state index < -0.39 is 0 Å². The average molecular weight is 237 g/mol. The van der Waals surface area contributed by atoms with Crippen LogP contribution in [0, 0.1) is 0 Å². The Kier molecular flexibility index (Phi) is 2.53. The van der Waals surface area contributed by atoms with Crippen LogP contribution < -0.4 is 5.32 Å². The molecule has 0 saturated carbocycles. The van der Waals surface area contributed by atoms with Crippen LogP contribution in [0.5, 0.6) is 0 Å². The average Bonchev–Trinajstić information content (AvgIpc) is 2.75. The minimum atomic E-state index is 0.550. The second-order valence-electron chi connectivity index (χ2n) is 4.14. The SMILES string of the molecule is Clc1ncnn2ccc(C3CCNCC3)c12. The summed E-state index contributed by atoms with van der Waals surface area (Å²) in [5.74, 6) is 0.578. The van der Waals surface area contributed by atoms with E-state index in [0.29, 0.717) is 11.1 Å². The van der Waals surface area contributed by atoms with E-state index in [-0.39, 0.29) is 0 Å². The minimum Gasteiger partial charge on any atom is -0.317 e. The van der Waals surface area contributed by atoms with Gasteiger partial charge in [0.05, 0.1) is 0 Å². The lowest BCUT2D eigenvalue weighted by molar-refractivity contribution is 0.462. The first-order valence-electron chi connectivity index (χ1n) is 5.55. The molecule has 0 amide bonds. The van der Waals surface area contributed by atoms with E-state index >= 15 is 0 Å². The Balaban J connectivity index is 2.09. The summed E-state index contributed by atoms with van der Waals surface area (Å²) in [6, 6.07) is 2.12. The van der Waals surface area contributed by atoms with Gasteiger partial charge in [0.1, 0.15) is 11.8 Å². The Morgan fingerprint density at radius 1 is 1.38 bits per heavy atom. The van der Waals surface area contributed by atoms with Crippen LogP contribution in [-0.4, -0.2) is 27.7 Å². The number of fused-ring (bicyclic) bond motifs is 1. The van der Waals surface area contributed by atoms with Crippen LogP contribution in [0.4, 0.5) is 0 Å². The maximum absolute atomic E-state index is 6.14. The second-order valence-corrected chi connectivity index (χ2v) is 4.50. The van der Waals surface area contributed by atoms with Gasteiger partial charge in [-0.3, -0.25) is 0 Å². The highest BCUT2D eigenvalue weighted by Gasteiger charge is 2.20. The summed E-state index contributed by atoms with van der Waals surface area (Å²) in [5.41, 5.74) is 2.25. The topological polar surface area (TPSA) is 42.2 Å². The van der Waals surface area contributed by atoms with Gasteiger partial charge in [-0.25, -0.2) is 9.50 Å². The van der Waals surface area contributed by atoms with Crippen molar-refractivity contribution in [3.8, 4) is 0 Å². The number of rotatable bonds is 1. The predicted molar refractivity (Wildman–Crippen MR) is 62.8 cm³/mol. The first-order chi connectivity index (χ1) is 7.86. The molecule has 0 bridgehead atoms. The van der Waals surface area contributed by atoms with Crippen LogP contribution in [-0.2, 0) is 0 Å². The lowest BCUT2D eigenvalue weighted by atomic mass is 9.91. The fourth-order valence-electron chi connectivity index (χ4n) is 2.40. The van der Waals surface area contributed by atoms with Crippen LogP contribution in [0.25, 0.3) is 5.52 Å². The van der Waals surface area contributed by atoms with E-state index in [2.05, 4.69) is 21.5 Å². The van der Waals surface area contributed by atoms with Gasteiger partial charge in [0.2, 0.25) is 0 Å². The Hall–Kier alpha value is -1.13. The number of aromatic nitrogens is 3. The molecular weight excluding hydrogens is 224 g/mol. The molecule has 3 heterocycles. The van der Waals surface area contributed by atoms with Gasteiger partial charge < -0.3 is 5.32 Å². The number of hydrogen-bond acceptors (Lipinski definition) is 3. The molecule has 1 aliphatic heterocycles. The quantitative estimate of drug-likeness (QED) is 0.822. The van der Waals surface area contributed by atoms with Crippen molar-refractivity contribution in [2.45, 2.75) is 18.8 Å². The van der Waals surface area contributed by atoms with Gasteiger partial charge in [0, 0.05) is 6.20 Å². The third kappa shape index (κ3) is 1.58. The summed E-state index contributed by atoms with van der Waals surface area (Å²) in [4.78, 5) is 4.05. The van der Waals surface area contributed by atoms with Crippen molar-refractivity contribution >= 4 is 17.1 Å². The second kappa shape index (κ2) is 4.03. The molecule has 4 nitrogen and oxygen atoms in total. The van der Waals surface area contributed by atoms with Crippen molar-refractivity contribution in [3.05, 3.63) is 29.3 Å². The highest BCUT2D eigenvalue weighted by Crippen LogP contribution is 2.31. The maximum atomic E-state index is 6.14. The van der Waals surface area contributed by atoms with Gasteiger partial charge in [-0.15, -0.1) is 0 Å². The molecule has 0 radical (unpaired) electrons. The molecule has 16 heavy (non-hydrogen) atoms. The van der Waals surface area contributed by atoms with E-state index in [9.17, 15) is 0 Å². The summed E-state index contributed by atoms with van der Waals surface area (Å²) in [7, 11) is 0. The van der Waals surface area contributed by atoms with Crippen LogP contribution in [0.2, 0.25) is 5.15 Å². The molecule has 0 spiro atoms. The van der Waals surface area contributed by atoms with Crippen LogP contribution >= 0.6 is 11.6 Å². The number of piperidine rings is 1. The number of hydrogen-bond donors (Lipinski definition) is 1. The van der Waals surface area contributed by atoms with Gasteiger partial charge in [0.15, 0.2) is 5.15 Å². The first-order valence-corrected chi connectivity index (χ1v) is 5.92. The van der Waals surface area contributed by atoms with Crippen molar-refractivity contribution in [2.75, 3.05) is 13.1 Å². The lowest BCUT2D eigenvalue weighted by Crippen LogP contribution is -2.26. The Bertz CT molecular complexity index is 502. The smallest absolute Gasteiger partial charge is 0.156 e. The summed E-state index contributed by atoms with van der Waals surface area (Å²) in [6.45, 7) is 2.15. The molecule has 2 aromatic rings. The molecule has 1 saturated heterocycles. The van der Waals surface area contributed by atoms with E-state index in [1.807, 2.05) is 10.7 Å². The molecule has 0 unspecified atom stereocenters. The third-order valence-corrected chi connectivity index (χ3v) is 3.50. The molecule has 3 rings (SSSR count). The van der Waals surface area contributed by atoms with Gasteiger partial charge in [-0.2, -0.15) is 5.10 Å². The minimum absolute atomic E-state index is 0.550. The number of nitrogens with zero attached hydrogens (tertiary/aromatic N) is 3. The largest absolute Gasteiger partial charge is 0.317 e. The number of nitrogens with one attached hydrogen (secondary N) is 1. The van der Waals surface area contributed by atoms with Crippen LogP contribution in [0.15, 0.2) is 18.6 Å². The standard InChI is InChI=1S/C11H13ClN4/c12-11-10-9(8-1-4-13-5-2-8)3-6-16(10)15-7-14-11/h3,6-8,13H,1-2,4-5H2. The van der Waals surface area contributed by atoms with E-state index in [0.717, 1.165) is 31.4 Å². The van der Waals surface area contributed by atoms with Crippen molar-refractivity contribution in [1.29, 1.82) is 0 Å². The Labute approximate surface area is 98.6 Å². The first kappa shape index (κ1) is 10.1. The molecule has 0 aliphatic carbocycles. The fraction of sp³-hybridized carbons (Fsp3) is 0.455. The molecule has 5 heteroatoms. The zero-order valence-electron chi connectivity index (χ0n) is 8.86. The normalized spacial score (nSPS) is 18.1. The summed E-state index contributed by atoms with van der Waals surface area (Å²) >= 11 is 6.14. The maximum Gasteiger partial charge on any atom is 0.156 e. The van der Waals surface area contributed by atoms with Crippen molar-refractivity contribution in [2.24, 2.45) is 0 Å². The number of halogens is 1. The van der Waals surface area contributed by atoms with Gasteiger partial charge in [-0.1, -0.05) is 11.6 Å². The predicted octanol–water partition coefficient (Wildman–Crippen LogP) is 1.85. The third-order valence-electron chi connectivity index (χ3n) is 3.22. The summed E-state index contributed by atoms with van der Waals surface area (Å²) in [5, 5.41) is 8.08. The zero-order valence-corrected chi connectivity index (χ0v) is 9.61. The molecule has 1 aliphatic rings. The molecule has 0 aromatic carbocycles. The van der Waals surface area contributed by atoms with Crippen molar-refractivity contribution < 1.29 is 0 Å². The molecule has 1 N–H and O–H groups in total. The highest BCUT2D eigenvalue weighted by molar-refractivity contribution is 6.32. The van der Waals surface area contributed by atoms with Crippen LogP contribution in [0.1, 0.15) is 24.3 Å². The Morgan fingerprint density at radius 3 is 3.00 bits per heavy atom. The van der Waals surface area contributed by atoms with E-state index in [4.69, 9.17) is 11.6 Å².